The Morgan fingerprint density at radius 1 is 1.15 bits per heavy atom. The van der Waals surface area contributed by atoms with Gasteiger partial charge in [-0.05, 0) is 65.3 Å². The first kappa shape index (κ1) is 20.1. The fourth-order valence-corrected chi connectivity index (χ4v) is 3.06. The number of hydrogen-bond donors (Lipinski definition) is 1. The molecule has 138 valence electrons. The smallest absolute Gasteiger partial charge is 0.340 e. The lowest BCUT2D eigenvalue weighted by atomic mass is 10.1. The van der Waals surface area contributed by atoms with Gasteiger partial charge in [-0.2, -0.15) is 0 Å². The predicted molar refractivity (Wildman–Crippen MR) is 98.2 cm³/mol. The minimum Gasteiger partial charge on any atom is -0.451 e. The first-order chi connectivity index (χ1) is 12.1. The van der Waals surface area contributed by atoms with Crippen LogP contribution in [-0.4, -0.2) is 32.5 Å². The summed E-state index contributed by atoms with van der Waals surface area (Å²) in [6.45, 7) is 1.40. The van der Waals surface area contributed by atoms with Gasteiger partial charge in [0.25, 0.3) is 0 Å². The van der Waals surface area contributed by atoms with E-state index in [1.165, 1.54) is 43.3 Å². The van der Waals surface area contributed by atoms with Crippen LogP contribution in [0.4, 0.5) is 10.1 Å². The lowest BCUT2D eigenvalue weighted by Crippen LogP contribution is -2.24. The summed E-state index contributed by atoms with van der Waals surface area (Å²) in [4.78, 5) is 24.5. The van der Waals surface area contributed by atoms with Crippen molar-refractivity contribution in [1.29, 1.82) is 0 Å². The molecule has 9 heteroatoms. The van der Waals surface area contributed by atoms with Crippen LogP contribution < -0.4 is 4.72 Å². The highest BCUT2D eigenvalue weighted by Gasteiger charge is 2.22. The molecule has 2 aromatic carbocycles. The number of ketones is 1. The molecule has 0 aliphatic rings. The minimum absolute atomic E-state index is 0.0302. The monoisotopic (exact) mass is 443 g/mol. The number of esters is 1. The zero-order valence-corrected chi connectivity index (χ0v) is 16.2. The SMILES string of the molecule is CC(OC(=O)c1cc(F)ccc1Br)C(=O)c1ccc(NS(C)(=O)=O)cc1. The molecule has 0 aromatic heterocycles. The lowest BCUT2D eigenvalue weighted by molar-refractivity contribution is 0.0317. The number of carbonyl (C=O) groups is 2. The Balaban J connectivity index is 2.09. The number of sulfonamides is 1. The van der Waals surface area contributed by atoms with E-state index in [9.17, 15) is 22.4 Å². The van der Waals surface area contributed by atoms with Gasteiger partial charge in [0, 0.05) is 15.7 Å². The van der Waals surface area contributed by atoms with Crippen molar-refractivity contribution < 1.29 is 27.1 Å². The molecule has 1 unspecified atom stereocenters. The maximum atomic E-state index is 13.3. The van der Waals surface area contributed by atoms with Crippen molar-refractivity contribution in [2.24, 2.45) is 0 Å². The standard InChI is InChI=1S/C17H15BrFNO5S/c1-10(25-17(22)14-9-12(19)5-8-15(14)18)16(21)11-3-6-13(7-4-11)20-26(2,23)24/h3-10,20H,1-2H3. The van der Waals surface area contributed by atoms with E-state index >= 15 is 0 Å². The Labute approximate surface area is 158 Å². The van der Waals surface area contributed by atoms with Crippen LogP contribution in [-0.2, 0) is 14.8 Å². The largest absolute Gasteiger partial charge is 0.451 e. The van der Waals surface area contributed by atoms with E-state index in [1.54, 1.807) is 0 Å². The van der Waals surface area contributed by atoms with Crippen molar-refractivity contribution in [3.05, 3.63) is 63.9 Å². The number of Topliss-reactive ketones (excluding diaryl/α,β-unsaturated/α-hetero) is 1. The quantitative estimate of drug-likeness (QED) is 0.545. The zero-order chi connectivity index (χ0) is 19.5. The van der Waals surface area contributed by atoms with E-state index in [4.69, 9.17) is 4.74 Å². The Hall–Kier alpha value is -2.26. The van der Waals surface area contributed by atoms with Gasteiger partial charge < -0.3 is 4.74 Å². The second kappa shape index (κ2) is 7.96. The third-order valence-corrected chi connectivity index (χ3v) is 4.57. The van der Waals surface area contributed by atoms with E-state index < -0.39 is 33.7 Å². The molecule has 2 aromatic rings. The van der Waals surface area contributed by atoms with Crippen LogP contribution >= 0.6 is 15.9 Å². The van der Waals surface area contributed by atoms with E-state index in [2.05, 4.69) is 20.7 Å². The molecule has 0 amide bonds. The van der Waals surface area contributed by atoms with Gasteiger partial charge in [0.1, 0.15) is 5.82 Å². The fraction of sp³-hybridized carbons (Fsp3) is 0.176. The van der Waals surface area contributed by atoms with Gasteiger partial charge in [-0.1, -0.05) is 0 Å². The number of halogens is 2. The third kappa shape index (κ3) is 5.37. The second-order valence-electron chi connectivity index (χ2n) is 5.49. The van der Waals surface area contributed by atoms with Gasteiger partial charge >= 0.3 is 5.97 Å². The molecule has 26 heavy (non-hydrogen) atoms. The highest BCUT2D eigenvalue weighted by molar-refractivity contribution is 9.10. The predicted octanol–water partition coefficient (Wildman–Crippen LogP) is 3.39. The van der Waals surface area contributed by atoms with Crippen LogP contribution in [0.3, 0.4) is 0 Å². The number of nitrogens with one attached hydrogen (secondary N) is 1. The summed E-state index contributed by atoms with van der Waals surface area (Å²) in [6, 6.07) is 9.23. The molecule has 0 aliphatic heterocycles. The summed E-state index contributed by atoms with van der Waals surface area (Å²) in [6.07, 6.45) is -0.0932. The van der Waals surface area contributed by atoms with Gasteiger partial charge in [-0.25, -0.2) is 17.6 Å². The summed E-state index contributed by atoms with van der Waals surface area (Å²) in [5, 5.41) is 0. The first-order valence-electron chi connectivity index (χ1n) is 7.35. The van der Waals surface area contributed by atoms with E-state index in [1.807, 2.05) is 0 Å². The molecule has 0 saturated carbocycles. The third-order valence-electron chi connectivity index (χ3n) is 3.27. The van der Waals surface area contributed by atoms with Crippen molar-refractivity contribution in [2.45, 2.75) is 13.0 Å². The van der Waals surface area contributed by atoms with E-state index in [0.717, 1.165) is 12.3 Å². The highest BCUT2D eigenvalue weighted by Crippen LogP contribution is 2.20. The zero-order valence-electron chi connectivity index (χ0n) is 13.8. The Bertz CT molecular complexity index is 944. The Morgan fingerprint density at radius 3 is 2.35 bits per heavy atom. The molecule has 6 nitrogen and oxygen atoms in total. The molecule has 0 bridgehead atoms. The summed E-state index contributed by atoms with van der Waals surface area (Å²) in [7, 11) is -3.42. The average Bonchev–Trinajstić information content (AvgIpc) is 2.55. The lowest BCUT2D eigenvalue weighted by Gasteiger charge is -2.13. The Morgan fingerprint density at radius 2 is 1.77 bits per heavy atom. The van der Waals surface area contributed by atoms with Crippen molar-refractivity contribution in [1.82, 2.24) is 0 Å². The molecule has 0 saturated heterocycles. The number of hydrogen-bond acceptors (Lipinski definition) is 5. The second-order valence-corrected chi connectivity index (χ2v) is 8.09. The maximum absolute atomic E-state index is 13.3. The number of anilines is 1. The summed E-state index contributed by atoms with van der Waals surface area (Å²) < 4.78 is 43.3. The molecule has 0 spiro atoms. The van der Waals surface area contributed by atoms with Gasteiger partial charge in [0.05, 0.1) is 11.8 Å². The van der Waals surface area contributed by atoms with Crippen LogP contribution in [0, 0.1) is 5.82 Å². The van der Waals surface area contributed by atoms with E-state index in [-0.39, 0.29) is 11.1 Å². The molecular weight excluding hydrogens is 429 g/mol. The normalized spacial score (nSPS) is 12.3. The van der Waals surface area contributed by atoms with Crippen molar-refractivity contribution >= 4 is 43.4 Å². The van der Waals surface area contributed by atoms with Gasteiger partial charge in [0.2, 0.25) is 15.8 Å². The first-order valence-corrected chi connectivity index (χ1v) is 10.0. The van der Waals surface area contributed by atoms with Gasteiger partial charge in [-0.3, -0.25) is 9.52 Å². The average molecular weight is 444 g/mol. The molecular formula is C17H15BrFNO5S. The number of rotatable bonds is 6. The van der Waals surface area contributed by atoms with Crippen LogP contribution in [0.5, 0.6) is 0 Å². The number of ether oxygens (including phenoxy) is 1. The molecule has 0 radical (unpaired) electrons. The molecule has 2 rings (SSSR count). The Kier molecular flexibility index (Phi) is 6.14. The van der Waals surface area contributed by atoms with E-state index in [0.29, 0.717) is 10.2 Å². The van der Waals surface area contributed by atoms with Crippen LogP contribution in [0.25, 0.3) is 0 Å². The minimum atomic E-state index is -3.42. The topological polar surface area (TPSA) is 89.5 Å². The molecule has 0 aliphatic carbocycles. The van der Waals surface area contributed by atoms with Crippen LogP contribution in [0.2, 0.25) is 0 Å². The molecule has 1 atom stereocenters. The maximum Gasteiger partial charge on any atom is 0.340 e. The molecule has 0 fully saturated rings. The van der Waals surface area contributed by atoms with Gasteiger partial charge in [-0.15, -0.1) is 0 Å². The number of carbonyl (C=O) groups excluding carboxylic acids is 2. The summed E-state index contributed by atoms with van der Waals surface area (Å²) >= 11 is 3.13. The molecule has 1 N–H and O–H groups in total. The van der Waals surface area contributed by atoms with Gasteiger partial charge in [0.15, 0.2) is 6.10 Å². The fourth-order valence-electron chi connectivity index (χ4n) is 2.08. The van der Waals surface area contributed by atoms with Crippen LogP contribution in [0.1, 0.15) is 27.6 Å². The van der Waals surface area contributed by atoms with Crippen molar-refractivity contribution in [2.75, 3.05) is 11.0 Å². The van der Waals surface area contributed by atoms with Crippen LogP contribution in [0.15, 0.2) is 46.9 Å². The highest BCUT2D eigenvalue weighted by atomic mass is 79.9. The summed E-state index contributed by atoms with van der Waals surface area (Å²) in [5.41, 5.74) is 0.511. The number of benzene rings is 2. The summed E-state index contributed by atoms with van der Waals surface area (Å²) in [5.74, 6) is -1.92. The van der Waals surface area contributed by atoms with Crippen molar-refractivity contribution in [3.8, 4) is 0 Å². The molecule has 0 heterocycles. The van der Waals surface area contributed by atoms with Crippen molar-refractivity contribution in [3.63, 3.8) is 0 Å².